The molecule has 1 aliphatic rings. The summed E-state index contributed by atoms with van der Waals surface area (Å²) in [6, 6.07) is 5.71. The third-order valence-corrected chi connectivity index (χ3v) is 4.26. The molecule has 1 aliphatic heterocycles. The molecule has 2 aromatic heterocycles. The van der Waals surface area contributed by atoms with E-state index in [4.69, 9.17) is 4.42 Å². The van der Waals surface area contributed by atoms with Crippen LogP contribution in [0.3, 0.4) is 0 Å². The van der Waals surface area contributed by atoms with E-state index in [0.717, 1.165) is 36.7 Å². The molecule has 0 N–H and O–H groups in total. The first-order chi connectivity index (χ1) is 11.0. The fraction of sp³-hybridized carbons (Fsp3) is 0.471. The highest BCUT2D eigenvalue weighted by molar-refractivity contribution is 5.95. The van der Waals surface area contributed by atoms with Crippen molar-refractivity contribution in [3.8, 4) is 0 Å². The third-order valence-electron chi connectivity index (χ3n) is 4.26. The number of hydrogen-bond acceptors (Lipinski definition) is 5. The zero-order chi connectivity index (χ0) is 16.6. The van der Waals surface area contributed by atoms with Crippen LogP contribution in [0.25, 0.3) is 0 Å². The van der Waals surface area contributed by atoms with Gasteiger partial charge in [0.25, 0.3) is 5.91 Å². The molecule has 0 aliphatic carbocycles. The van der Waals surface area contributed by atoms with Crippen LogP contribution < -0.4 is 4.90 Å². The Morgan fingerprint density at radius 3 is 2.65 bits per heavy atom. The van der Waals surface area contributed by atoms with E-state index < -0.39 is 0 Å². The van der Waals surface area contributed by atoms with Gasteiger partial charge in [-0.3, -0.25) is 4.79 Å². The number of hydrogen-bond donors (Lipinski definition) is 0. The van der Waals surface area contributed by atoms with Crippen LogP contribution in [0, 0.1) is 13.8 Å². The Balaban J connectivity index is 1.85. The lowest BCUT2D eigenvalue weighted by molar-refractivity contribution is 0.0730. The Morgan fingerprint density at radius 2 is 2.09 bits per heavy atom. The van der Waals surface area contributed by atoms with E-state index in [1.807, 2.05) is 55.9 Å². The van der Waals surface area contributed by atoms with Gasteiger partial charge in [0.2, 0.25) is 0 Å². The van der Waals surface area contributed by atoms with Crippen LogP contribution in [-0.4, -0.2) is 41.6 Å². The number of carbonyl (C=O) groups excluding carboxylic acids is 1. The lowest BCUT2D eigenvalue weighted by Gasteiger charge is -2.24. The highest BCUT2D eigenvalue weighted by Gasteiger charge is 2.33. The van der Waals surface area contributed by atoms with Gasteiger partial charge in [-0.25, -0.2) is 0 Å². The second kappa shape index (κ2) is 6.02. The summed E-state index contributed by atoms with van der Waals surface area (Å²) in [4.78, 5) is 16.6. The van der Waals surface area contributed by atoms with E-state index in [1.54, 1.807) is 0 Å². The maximum atomic E-state index is 12.8. The molecular weight excluding hydrogens is 292 g/mol. The molecule has 23 heavy (non-hydrogen) atoms. The molecule has 1 saturated heterocycles. The third kappa shape index (κ3) is 2.93. The molecule has 1 unspecified atom stereocenters. The van der Waals surface area contributed by atoms with Gasteiger partial charge < -0.3 is 14.2 Å². The van der Waals surface area contributed by atoms with Gasteiger partial charge in [0.05, 0.1) is 17.3 Å². The number of carbonyl (C=O) groups is 1. The van der Waals surface area contributed by atoms with Gasteiger partial charge in [0.15, 0.2) is 5.82 Å². The van der Waals surface area contributed by atoms with E-state index in [9.17, 15) is 4.79 Å². The average molecular weight is 314 g/mol. The van der Waals surface area contributed by atoms with Crippen LogP contribution in [0.15, 0.2) is 22.6 Å². The van der Waals surface area contributed by atoms with Gasteiger partial charge in [-0.1, -0.05) is 0 Å². The number of furan rings is 1. The van der Waals surface area contributed by atoms with Crippen molar-refractivity contribution in [1.29, 1.82) is 0 Å². The first kappa shape index (κ1) is 15.5. The summed E-state index contributed by atoms with van der Waals surface area (Å²) in [6.45, 7) is 4.43. The second-order valence-electron chi connectivity index (χ2n) is 6.19. The quantitative estimate of drug-likeness (QED) is 0.871. The van der Waals surface area contributed by atoms with Crippen molar-refractivity contribution in [2.75, 3.05) is 25.5 Å². The van der Waals surface area contributed by atoms with Gasteiger partial charge in [0, 0.05) is 20.6 Å². The predicted molar refractivity (Wildman–Crippen MR) is 87.6 cm³/mol. The zero-order valence-electron chi connectivity index (χ0n) is 14.0. The van der Waals surface area contributed by atoms with E-state index in [1.165, 1.54) is 0 Å². The van der Waals surface area contributed by atoms with Crippen molar-refractivity contribution < 1.29 is 9.21 Å². The lowest BCUT2D eigenvalue weighted by Crippen LogP contribution is -2.31. The van der Waals surface area contributed by atoms with Gasteiger partial charge >= 0.3 is 0 Å². The second-order valence-corrected chi connectivity index (χ2v) is 6.19. The molecule has 3 heterocycles. The summed E-state index contributed by atoms with van der Waals surface area (Å²) >= 11 is 0. The standard InChI is InChI=1S/C17H22N4O2/c1-11-10-13(12(2)23-11)17(22)21-9-5-6-15(21)14-7-8-16(19-18-14)20(3)4/h7-8,10,15H,5-6,9H2,1-4H3. The topological polar surface area (TPSA) is 62.5 Å². The van der Waals surface area contributed by atoms with E-state index in [0.29, 0.717) is 11.3 Å². The van der Waals surface area contributed by atoms with Crippen LogP contribution in [0.4, 0.5) is 5.82 Å². The minimum Gasteiger partial charge on any atom is -0.466 e. The minimum absolute atomic E-state index is 0.0131. The molecule has 2 aromatic rings. The molecule has 0 radical (unpaired) electrons. The number of aromatic nitrogens is 2. The number of amides is 1. The molecular formula is C17H22N4O2. The van der Waals surface area contributed by atoms with Gasteiger partial charge in [0.1, 0.15) is 11.5 Å². The van der Waals surface area contributed by atoms with Crippen molar-refractivity contribution in [3.63, 3.8) is 0 Å². The molecule has 1 amide bonds. The SMILES string of the molecule is Cc1cc(C(=O)N2CCCC2c2ccc(N(C)C)nn2)c(C)o1. The van der Waals surface area contributed by atoms with Crippen LogP contribution in [0.2, 0.25) is 0 Å². The number of rotatable bonds is 3. The number of aryl methyl sites for hydroxylation is 2. The average Bonchev–Trinajstić information content (AvgIpc) is 3.13. The number of likely N-dealkylation sites (tertiary alicyclic amines) is 1. The lowest BCUT2D eigenvalue weighted by atomic mass is 10.1. The molecule has 0 spiro atoms. The number of nitrogens with zero attached hydrogens (tertiary/aromatic N) is 4. The van der Waals surface area contributed by atoms with Crippen molar-refractivity contribution in [2.45, 2.75) is 32.7 Å². The van der Waals surface area contributed by atoms with Gasteiger partial charge in [-0.05, 0) is 44.9 Å². The highest BCUT2D eigenvalue weighted by atomic mass is 16.3. The molecule has 0 saturated carbocycles. The highest BCUT2D eigenvalue weighted by Crippen LogP contribution is 2.33. The maximum absolute atomic E-state index is 12.8. The molecule has 6 heteroatoms. The minimum atomic E-state index is -0.0131. The normalized spacial score (nSPS) is 17.6. The van der Waals surface area contributed by atoms with Crippen molar-refractivity contribution in [2.24, 2.45) is 0 Å². The largest absolute Gasteiger partial charge is 0.466 e. The van der Waals surface area contributed by atoms with Crippen LogP contribution >= 0.6 is 0 Å². The first-order valence-electron chi connectivity index (χ1n) is 7.86. The molecule has 0 bridgehead atoms. The zero-order valence-corrected chi connectivity index (χ0v) is 14.0. The fourth-order valence-corrected chi connectivity index (χ4v) is 3.07. The summed E-state index contributed by atoms with van der Waals surface area (Å²) in [5, 5.41) is 8.56. The van der Waals surface area contributed by atoms with E-state index >= 15 is 0 Å². The van der Waals surface area contributed by atoms with Crippen molar-refractivity contribution >= 4 is 11.7 Å². The fourth-order valence-electron chi connectivity index (χ4n) is 3.07. The van der Waals surface area contributed by atoms with Crippen LogP contribution in [0.5, 0.6) is 0 Å². The summed E-state index contributed by atoms with van der Waals surface area (Å²) < 4.78 is 5.50. The molecule has 3 rings (SSSR count). The Kier molecular flexibility index (Phi) is 4.07. The van der Waals surface area contributed by atoms with E-state index in [-0.39, 0.29) is 11.9 Å². The Labute approximate surface area is 136 Å². The maximum Gasteiger partial charge on any atom is 0.257 e. The Hall–Kier alpha value is -2.37. The Morgan fingerprint density at radius 1 is 1.30 bits per heavy atom. The smallest absolute Gasteiger partial charge is 0.257 e. The van der Waals surface area contributed by atoms with Crippen molar-refractivity contribution in [1.82, 2.24) is 15.1 Å². The van der Waals surface area contributed by atoms with Crippen LogP contribution in [0.1, 0.15) is 46.5 Å². The Bertz CT molecular complexity index is 706. The molecule has 1 fully saturated rings. The van der Waals surface area contributed by atoms with E-state index in [2.05, 4.69) is 10.2 Å². The summed E-state index contributed by atoms with van der Waals surface area (Å²) in [5.41, 5.74) is 1.49. The molecule has 122 valence electrons. The molecule has 0 aromatic carbocycles. The van der Waals surface area contributed by atoms with Crippen molar-refractivity contribution in [3.05, 3.63) is 41.0 Å². The first-order valence-corrected chi connectivity index (χ1v) is 7.86. The van der Waals surface area contributed by atoms with Crippen LogP contribution in [-0.2, 0) is 0 Å². The molecule has 6 nitrogen and oxygen atoms in total. The molecule has 1 atom stereocenters. The van der Waals surface area contributed by atoms with Gasteiger partial charge in [-0.2, -0.15) is 5.10 Å². The summed E-state index contributed by atoms with van der Waals surface area (Å²) in [6.07, 6.45) is 1.89. The summed E-state index contributed by atoms with van der Waals surface area (Å²) in [5.74, 6) is 2.26. The monoisotopic (exact) mass is 314 g/mol. The van der Waals surface area contributed by atoms with Gasteiger partial charge in [-0.15, -0.1) is 5.10 Å². The summed E-state index contributed by atoms with van der Waals surface area (Å²) in [7, 11) is 3.86. The predicted octanol–water partition coefficient (Wildman–Crippen LogP) is 2.73. The number of anilines is 1.